The van der Waals surface area contributed by atoms with Crippen LogP contribution in [-0.2, 0) is 13.2 Å². The molecule has 1 heterocycles. The van der Waals surface area contributed by atoms with Gasteiger partial charge in [-0.15, -0.1) is 0 Å². The van der Waals surface area contributed by atoms with Gasteiger partial charge in [0.25, 0.3) is 5.56 Å². The van der Waals surface area contributed by atoms with Crippen LogP contribution in [0.1, 0.15) is 17.0 Å². The largest absolute Gasteiger partial charge is 0.472 e. The molecular weight excluding hydrogens is 514 g/mol. The van der Waals surface area contributed by atoms with Crippen LogP contribution in [0.2, 0.25) is 0 Å². The van der Waals surface area contributed by atoms with Gasteiger partial charge >= 0.3 is 6.09 Å². The number of amides is 1. The van der Waals surface area contributed by atoms with Crippen LogP contribution in [-0.4, -0.2) is 32.7 Å². The number of nitrogens with zero attached hydrogens (tertiary/aromatic N) is 3. The Morgan fingerprint density at radius 1 is 1.18 bits per heavy atom. The maximum atomic E-state index is 14.4. The van der Waals surface area contributed by atoms with E-state index in [1.54, 1.807) is 0 Å². The van der Waals surface area contributed by atoms with Crippen molar-refractivity contribution in [1.29, 1.82) is 0 Å². The average molecular weight is 530 g/mol. The Morgan fingerprint density at radius 3 is 2.42 bits per heavy atom. The Balaban J connectivity index is 1.98. The van der Waals surface area contributed by atoms with E-state index in [4.69, 9.17) is 9.84 Å². The van der Waals surface area contributed by atoms with Crippen molar-refractivity contribution in [2.24, 2.45) is 0 Å². The predicted octanol–water partition coefficient (Wildman–Crippen LogP) is 4.55. The normalized spacial score (nSPS) is 10.9. The van der Waals surface area contributed by atoms with Crippen molar-refractivity contribution >= 4 is 22.0 Å². The Kier molecular flexibility index (Phi) is 7.06. The van der Waals surface area contributed by atoms with Crippen molar-refractivity contribution in [3.63, 3.8) is 0 Å². The van der Waals surface area contributed by atoms with Crippen molar-refractivity contribution < 1.29 is 32.2 Å². The number of rotatable bonds is 6. The van der Waals surface area contributed by atoms with Crippen LogP contribution in [0.25, 0.3) is 5.69 Å². The predicted molar refractivity (Wildman–Crippen MR) is 112 cm³/mol. The maximum absolute atomic E-state index is 14.4. The van der Waals surface area contributed by atoms with Gasteiger partial charge in [0.05, 0.1) is 0 Å². The molecule has 0 radical (unpaired) electrons. The molecule has 2 aromatic carbocycles. The van der Waals surface area contributed by atoms with E-state index in [2.05, 4.69) is 20.9 Å². The van der Waals surface area contributed by atoms with E-state index >= 15 is 0 Å². The molecule has 3 rings (SSSR count). The zero-order valence-electron chi connectivity index (χ0n) is 17.2. The van der Waals surface area contributed by atoms with Crippen LogP contribution < -0.4 is 10.3 Å². The molecule has 0 saturated heterocycles. The van der Waals surface area contributed by atoms with Gasteiger partial charge in [0.1, 0.15) is 45.9 Å². The number of halogens is 5. The van der Waals surface area contributed by atoms with E-state index in [1.807, 2.05) is 0 Å². The molecule has 0 bridgehead atoms. The Bertz CT molecular complexity index is 1280. The van der Waals surface area contributed by atoms with Gasteiger partial charge in [-0.3, -0.25) is 9.36 Å². The summed E-state index contributed by atoms with van der Waals surface area (Å²) in [5, 5.41) is 9.04. The molecule has 0 spiro atoms. The zero-order valence-corrected chi connectivity index (χ0v) is 18.8. The summed E-state index contributed by atoms with van der Waals surface area (Å²) in [6.07, 6.45) is -1.31. The van der Waals surface area contributed by atoms with Gasteiger partial charge in [0.2, 0.25) is 5.88 Å². The highest BCUT2D eigenvalue weighted by molar-refractivity contribution is 9.10. The molecule has 0 fully saturated rings. The number of aryl methyl sites for hydroxylation is 1. The second kappa shape index (κ2) is 9.61. The molecule has 7 nitrogen and oxygen atoms in total. The fourth-order valence-corrected chi connectivity index (χ4v) is 3.45. The van der Waals surface area contributed by atoms with Crippen molar-refractivity contribution in [2.75, 3.05) is 7.05 Å². The third kappa shape index (κ3) is 5.00. The molecule has 0 aliphatic heterocycles. The molecule has 0 aliphatic rings. The molecule has 1 aromatic heterocycles. The third-order valence-corrected chi connectivity index (χ3v) is 5.35. The second-order valence-electron chi connectivity index (χ2n) is 6.94. The lowest BCUT2D eigenvalue weighted by Crippen LogP contribution is -2.26. The number of carbonyl (C=O) groups is 1. The first kappa shape index (κ1) is 24.2. The van der Waals surface area contributed by atoms with E-state index in [9.17, 15) is 27.2 Å². The van der Waals surface area contributed by atoms with Crippen LogP contribution >= 0.6 is 15.9 Å². The van der Waals surface area contributed by atoms with E-state index in [0.29, 0.717) is 10.6 Å². The Hall–Kier alpha value is -3.41. The quantitative estimate of drug-likeness (QED) is 0.473. The van der Waals surface area contributed by atoms with E-state index in [-0.39, 0.29) is 33.8 Å². The van der Waals surface area contributed by atoms with Gasteiger partial charge in [-0.1, -0.05) is 6.07 Å². The van der Waals surface area contributed by atoms with Gasteiger partial charge in [0, 0.05) is 25.2 Å². The molecule has 0 aliphatic carbocycles. The SMILES string of the molecule is Cc1nc(OCc2c(F)cc(F)cc2CN(C)C(=O)O)c(Br)c(=O)n1-c1c(F)cccc1F. The molecule has 0 atom stereocenters. The number of carboxylic acid groups (broad SMARTS) is 1. The van der Waals surface area contributed by atoms with Crippen molar-refractivity contribution in [1.82, 2.24) is 14.5 Å². The van der Waals surface area contributed by atoms with Crippen molar-refractivity contribution in [2.45, 2.75) is 20.1 Å². The molecule has 0 unspecified atom stereocenters. The van der Waals surface area contributed by atoms with E-state index < -0.39 is 47.2 Å². The highest BCUT2D eigenvalue weighted by Crippen LogP contribution is 2.25. The topological polar surface area (TPSA) is 84.7 Å². The lowest BCUT2D eigenvalue weighted by Gasteiger charge is -2.18. The molecule has 1 N–H and O–H groups in total. The van der Waals surface area contributed by atoms with E-state index in [1.165, 1.54) is 14.0 Å². The number of hydrogen-bond donors (Lipinski definition) is 1. The summed E-state index contributed by atoms with van der Waals surface area (Å²) in [7, 11) is 1.22. The minimum absolute atomic E-state index is 0.00649. The van der Waals surface area contributed by atoms with Gasteiger partial charge in [-0.2, -0.15) is 4.98 Å². The molecule has 1 amide bonds. The molecule has 12 heteroatoms. The maximum Gasteiger partial charge on any atom is 0.407 e. The summed E-state index contributed by atoms with van der Waals surface area (Å²) in [6, 6.07) is 4.68. The highest BCUT2D eigenvalue weighted by atomic mass is 79.9. The number of para-hydroxylation sites is 1. The summed E-state index contributed by atoms with van der Waals surface area (Å²) < 4.78 is 62.4. The summed E-state index contributed by atoms with van der Waals surface area (Å²) in [5.41, 5.74) is -1.65. The summed E-state index contributed by atoms with van der Waals surface area (Å²) in [5.74, 6) is -4.28. The van der Waals surface area contributed by atoms with Gasteiger partial charge in [-0.05, 0) is 46.6 Å². The van der Waals surface area contributed by atoms with Crippen LogP contribution in [0, 0.1) is 30.2 Å². The van der Waals surface area contributed by atoms with Crippen molar-refractivity contribution in [3.8, 4) is 11.6 Å². The van der Waals surface area contributed by atoms with Gasteiger partial charge < -0.3 is 14.7 Å². The molecular formula is C21H16BrF4N3O4. The average Bonchev–Trinajstić information content (AvgIpc) is 2.72. The molecule has 174 valence electrons. The standard InChI is InChI=1S/C21H16BrF4N3O4/c1-10-27-19(17(22)20(30)29(10)18-14(24)4-3-5-15(18)25)33-9-13-11(8-28(2)21(31)32)6-12(23)7-16(13)26/h3-7H,8-9H2,1-2H3,(H,31,32). The first-order valence-electron chi connectivity index (χ1n) is 9.28. The van der Waals surface area contributed by atoms with Crippen LogP contribution in [0.4, 0.5) is 22.4 Å². The lowest BCUT2D eigenvalue weighted by atomic mass is 10.1. The second-order valence-corrected chi connectivity index (χ2v) is 7.73. The van der Waals surface area contributed by atoms with E-state index in [0.717, 1.165) is 29.2 Å². The smallest absolute Gasteiger partial charge is 0.407 e. The molecule has 0 saturated carbocycles. The van der Waals surface area contributed by atoms with Gasteiger partial charge in [0.15, 0.2) is 0 Å². The van der Waals surface area contributed by atoms with Gasteiger partial charge in [-0.25, -0.2) is 22.4 Å². The molecule has 3 aromatic rings. The minimum atomic E-state index is -1.31. The van der Waals surface area contributed by atoms with Crippen LogP contribution in [0.15, 0.2) is 39.6 Å². The number of aromatic nitrogens is 2. The minimum Gasteiger partial charge on any atom is -0.472 e. The lowest BCUT2D eigenvalue weighted by molar-refractivity contribution is 0.153. The van der Waals surface area contributed by atoms with Crippen LogP contribution in [0.5, 0.6) is 5.88 Å². The Morgan fingerprint density at radius 2 is 1.82 bits per heavy atom. The number of hydrogen-bond acceptors (Lipinski definition) is 4. The van der Waals surface area contributed by atoms with Crippen molar-refractivity contribution in [3.05, 3.63) is 85.4 Å². The fraction of sp³-hybridized carbons (Fsp3) is 0.190. The number of ether oxygens (including phenoxy) is 1. The monoisotopic (exact) mass is 529 g/mol. The fourth-order valence-electron chi connectivity index (χ4n) is 3.07. The first-order chi connectivity index (χ1) is 15.5. The highest BCUT2D eigenvalue weighted by Gasteiger charge is 2.21. The molecule has 33 heavy (non-hydrogen) atoms. The number of benzene rings is 2. The third-order valence-electron chi connectivity index (χ3n) is 4.67. The zero-order chi connectivity index (χ0) is 24.4. The summed E-state index contributed by atoms with van der Waals surface area (Å²) in [4.78, 5) is 28.7. The first-order valence-corrected chi connectivity index (χ1v) is 10.1. The summed E-state index contributed by atoms with van der Waals surface area (Å²) >= 11 is 2.99. The summed E-state index contributed by atoms with van der Waals surface area (Å²) in [6.45, 7) is 0.459. The Labute approximate surface area is 193 Å². The van der Waals surface area contributed by atoms with Crippen LogP contribution in [0.3, 0.4) is 0 Å².